The molecule has 1 aromatic rings. The van der Waals surface area contributed by atoms with Crippen LogP contribution in [-0.4, -0.2) is 63.9 Å². The van der Waals surface area contributed by atoms with Crippen molar-refractivity contribution in [2.75, 3.05) is 26.2 Å². The SMILES string of the molecule is Cl.O=C(NC1CCN(C(=O)C2CCCCC2)C1)c1cn(C2CCNCC2)nn1. The Morgan fingerprint density at radius 1 is 1.07 bits per heavy atom. The number of nitrogens with zero attached hydrogens (tertiary/aromatic N) is 4. The molecule has 2 amide bonds. The van der Waals surface area contributed by atoms with E-state index in [1.807, 2.05) is 9.58 Å². The molecule has 0 aromatic carbocycles. The van der Waals surface area contributed by atoms with Gasteiger partial charge in [0.05, 0.1) is 12.2 Å². The summed E-state index contributed by atoms with van der Waals surface area (Å²) in [4.78, 5) is 27.1. The fourth-order valence-electron chi connectivity index (χ4n) is 4.58. The van der Waals surface area contributed by atoms with Crippen LogP contribution in [0.1, 0.15) is 67.9 Å². The van der Waals surface area contributed by atoms with Gasteiger partial charge in [-0.2, -0.15) is 0 Å². The van der Waals surface area contributed by atoms with E-state index in [1.165, 1.54) is 6.42 Å². The van der Waals surface area contributed by atoms with Crippen LogP contribution in [0.25, 0.3) is 0 Å². The van der Waals surface area contributed by atoms with Crippen LogP contribution in [0.2, 0.25) is 0 Å². The normalized spacial score (nSPS) is 24.0. The van der Waals surface area contributed by atoms with Gasteiger partial charge in [-0.15, -0.1) is 17.5 Å². The first-order valence-corrected chi connectivity index (χ1v) is 10.4. The van der Waals surface area contributed by atoms with E-state index >= 15 is 0 Å². The minimum atomic E-state index is -0.188. The average Bonchev–Trinajstić information content (AvgIpc) is 3.39. The van der Waals surface area contributed by atoms with Crippen molar-refractivity contribution in [1.29, 1.82) is 0 Å². The summed E-state index contributed by atoms with van der Waals surface area (Å²) in [5.41, 5.74) is 0.366. The Morgan fingerprint density at radius 3 is 2.57 bits per heavy atom. The second-order valence-electron chi connectivity index (χ2n) is 8.14. The molecule has 3 fully saturated rings. The summed E-state index contributed by atoms with van der Waals surface area (Å²) in [5, 5.41) is 14.6. The lowest BCUT2D eigenvalue weighted by molar-refractivity contribution is -0.135. The quantitative estimate of drug-likeness (QED) is 0.785. The summed E-state index contributed by atoms with van der Waals surface area (Å²) < 4.78 is 1.82. The molecule has 1 atom stereocenters. The third-order valence-corrected chi connectivity index (χ3v) is 6.22. The summed E-state index contributed by atoms with van der Waals surface area (Å²) in [5.74, 6) is 0.286. The van der Waals surface area contributed by atoms with Crippen molar-refractivity contribution >= 4 is 24.2 Å². The third kappa shape index (κ3) is 4.84. The Balaban J connectivity index is 0.00000225. The first kappa shape index (κ1) is 21.0. The minimum Gasteiger partial charge on any atom is -0.346 e. The van der Waals surface area contributed by atoms with E-state index in [2.05, 4.69) is 20.9 Å². The zero-order chi connectivity index (χ0) is 18.6. The van der Waals surface area contributed by atoms with Gasteiger partial charge in [-0.25, -0.2) is 4.68 Å². The zero-order valence-corrected chi connectivity index (χ0v) is 17.1. The Bertz CT molecular complexity index is 669. The summed E-state index contributed by atoms with van der Waals surface area (Å²) in [6.07, 6.45) is 10.2. The van der Waals surface area contributed by atoms with Gasteiger partial charge in [0.15, 0.2) is 5.69 Å². The minimum absolute atomic E-state index is 0. The molecule has 3 heterocycles. The maximum Gasteiger partial charge on any atom is 0.273 e. The second-order valence-corrected chi connectivity index (χ2v) is 8.14. The predicted molar refractivity (Wildman–Crippen MR) is 107 cm³/mol. The standard InChI is InChI=1S/C19H30N6O2.ClH/c26-18(17-13-25(23-22-17)16-6-9-20-10-7-16)21-15-8-11-24(12-15)19(27)14-4-2-1-3-5-14;/h13-16,20H,1-12H2,(H,21,26);1H. The van der Waals surface area contributed by atoms with Gasteiger partial charge in [-0.1, -0.05) is 24.5 Å². The fraction of sp³-hybridized carbons (Fsp3) is 0.789. The smallest absolute Gasteiger partial charge is 0.273 e. The van der Waals surface area contributed by atoms with Crippen LogP contribution in [-0.2, 0) is 4.79 Å². The van der Waals surface area contributed by atoms with Crippen molar-refractivity contribution in [2.45, 2.75) is 63.5 Å². The highest BCUT2D eigenvalue weighted by Gasteiger charge is 2.32. The molecule has 1 unspecified atom stereocenters. The van der Waals surface area contributed by atoms with Gasteiger partial charge in [0.2, 0.25) is 5.91 Å². The number of amides is 2. The van der Waals surface area contributed by atoms with E-state index in [4.69, 9.17) is 0 Å². The zero-order valence-electron chi connectivity index (χ0n) is 16.3. The Kier molecular flexibility index (Phi) is 7.29. The van der Waals surface area contributed by atoms with Crippen LogP contribution in [0.4, 0.5) is 0 Å². The molecule has 1 aliphatic carbocycles. The molecule has 0 bridgehead atoms. The molecule has 8 nitrogen and oxygen atoms in total. The highest BCUT2D eigenvalue weighted by molar-refractivity contribution is 5.92. The number of carbonyl (C=O) groups is 2. The molecule has 1 saturated carbocycles. The average molecular weight is 411 g/mol. The van der Waals surface area contributed by atoms with Gasteiger partial charge < -0.3 is 15.5 Å². The van der Waals surface area contributed by atoms with Crippen molar-refractivity contribution in [1.82, 2.24) is 30.5 Å². The predicted octanol–water partition coefficient (Wildman–Crippen LogP) is 1.54. The molecular formula is C19H31ClN6O2. The number of likely N-dealkylation sites (tertiary alicyclic amines) is 1. The number of rotatable bonds is 4. The molecule has 1 aromatic heterocycles. The Hall–Kier alpha value is -1.67. The van der Waals surface area contributed by atoms with E-state index in [0.29, 0.717) is 18.3 Å². The summed E-state index contributed by atoms with van der Waals surface area (Å²) in [7, 11) is 0. The number of hydrogen-bond acceptors (Lipinski definition) is 5. The molecule has 28 heavy (non-hydrogen) atoms. The number of halogens is 1. The number of carbonyl (C=O) groups excluding carboxylic acids is 2. The summed E-state index contributed by atoms with van der Waals surface area (Å²) >= 11 is 0. The lowest BCUT2D eigenvalue weighted by atomic mass is 9.88. The van der Waals surface area contributed by atoms with Crippen molar-refractivity contribution in [3.8, 4) is 0 Å². The van der Waals surface area contributed by atoms with Gasteiger partial charge in [-0.05, 0) is 45.2 Å². The van der Waals surface area contributed by atoms with Gasteiger partial charge in [0, 0.05) is 25.0 Å². The molecule has 2 N–H and O–H groups in total. The van der Waals surface area contributed by atoms with Gasteiger partial charge in [-0.3, -0.25) is 9.59 Å². The van der Waals surface area contributed by atoms with Crippen molar-refractivity contribution in [3.63, 3.8) is 0 Å². The molecule has 9 heteroatoms. The monoisotopic (exact) mass is 410 g/mol. The number of aromatic nitrogens is 3. The molecule has 2 saturated heterocycles. The third-order valence-electron chi connectivity index (χ3n) is 6.22. The van der Waals surface area contributed by atoms with E-state index < -0.39 is 0 Å². The first-order chi connectivity index (χ1) is 13.2. The largest absolute Gasteiger partial charge is 0.346 e. The van der Waals surface area contributed by atoms with Crippen LogP contribution < -0.4 is 10.6 Å². The molecule has 156 valence electrons. The van der Waals surface area contributed by atoms with Gasteiger partial charge in [0.25, 0.3) is 5.91 Å². The van der Waals surface area contributed by atoms with Gasteiger partial charge in [0.1, 0.15) is 0 Å². The molecular weight excluding hydrogens is 380 g/mol. The van der Waals surface area contributed by atoms with Crippen molar-refractivity contribution in [3.05, 3.63) is 11.9 Å². The van der Waals surface area contributed by atoms with E-state index in [1.54, 1.807) is 6.20 Å². The maximum absolute atomic E-state index is 12.7. The lowest BCUT2D eigenvalue weighted by Crippen LogP contribution is -2.40. The molecule has 0 radical (unpaired) electrons. The van der Waals surface area contributed by atoms with Gasteiger partial charge >= 0.3 is 0 Å². The maximum atomic E-state index is 12.7. The lowest BCUT2D eigenvalue weighted by Gasteiger charge is -2.26. The van der Waals surface area contributed by atoms with E-state index in [-0.39, 0.29) is 36.2 Å². The Labute approximate surface area is 172 Å². The number of piperidine rings is 1. The first-order valence-electron chi connectivity index (χ1n) is 10.4. The second kappa shape index (κ2) is 9.69. The summed E-state index contributed by atoms with van der Waals surface area (Å²) in [6, 6.07) is 0.324. The Morgan fingerprint density at radius 2 is 1.82 bits per heavy atom. The molecule has 2 aliphatic heterocycles. The van der Waals surface area contributed by atoms with E-state index in [0.717, 1.165) is 64.6 Å². The topological polar surface area (TPSA) is 92.2 Å². The van der Waals surface area contributed by atoms with Crippen LogP contribution >= 0.6 is 12.4 Å². The fourth-order valence-corrected chi connectivity index (χ4v) is 4.58. The van der Waals surface area contributed by atoms with E-state index in [9.17, 15) is 9.59 Å². The van der Waals surface area contributed by atoms with Crippen LogP contribution in [0, 0.1) is 5.92 Å². The highest BCUT2D eigenvalue weighted by atomic mass is 35.5. The highest BCUT2D eigenvalue weighted by Crippen LogP contribution is 2.27. The van der Waals surface area contributed by atoms with Crippen LogP contribution in [0.3, 0.4) is 0 Å². The number of nitrogens with one attached hydrogen (secondary N) is 2. The van der Waals surface area contributed by atoms with Crippen molar-refractivity contribution < 1.29 is 9.59 Å². The van der Waals surface area contributed by atoms with Crippen LogP contribution in [0.15, 0.2) is 6.20 Å². The van der Waals surface area contributed by atoms with Crippen LogP contribution in [0.5, 0.6) is 0 Å². The molecule has 0 spiro atoms. The molecule has 4 rings (SSSR count). The van der Waals surface area contributed by atoms with Crippen molar-refractivity contribution in [2.24, 2.45) is 5.92 Å². The summed E-state index contributed by atoms with van der Waals surface area (Å²) in [6.45, 7) is 3.30. The molecule has 3 aliphatic rings. The number of hydrogen-bond donors (Lipinski definition) is 2.